The third-order valence-electron chi connectivity index (χ3n) is 18.6. The maximum atomic E-state index is 2.40. The Bertz CT molecular complexity index is 4550. The van der Waals surface area contributed by atoms with Crippen LogP contribution < -0.4 is 51.3 Å². The number of nitrogens with zero attached hydrogens (tertiary/aromatic N) is 6. The number of benzene rings is 13. The van der Waals surface area contributed by atoms with E-state index in [1.807, 2.05) is 0 Å². The van der Waals surface area contributed by atoms with Crippen molar-refractivity contribution in [3.63, 3.8) is 0 Å². The molecule has 13 aromatic rings. The predicted molar refractivity (Wildman–Crippen MR) is 434 cm³/mol. The summed E-state index contributed by atoms with van der Waals surface area (Å²) in [7, 11) is 8.57. The fraction of sp³-hybridized carbons (Fsp3) is 0.114. The summed E-state index contributed by atoms with van der Waals surface area (Å²) in [5.41, 5.74) is 29.5. The van der Waals surface area contributed by atoms with Crippen LogP contribution in [-0.4, -0.2) is 31.4 Å². The molecule has 0 radical (unpaired) electrons. The lowest BCUT2D eigenvalue weighted by molar-refractivity contribution is 0.795. The highest BCUT2D eigenvalue weighted by atomic mass is 15.2. The minimum Gasteiger partial charge on any atom is -0.311 e. The van der Waals surface area contributed by atoms with Gasteiger partial charge in [-0.25, -0.2) is 0 Å². The Labute approximate surface area is 585 Å². The maximum absolute atomic E-state index is 2.40. The van der Waals surface area contributed by atoms with Crippen LogP contribution in [-0.2, 0) is 12.8 Å². The monoisotopic (exact) mass is 1270 g/mol. The molecule has 0 aliphatic rings. The summed E-state index contributed by atoms with van der Waals surface area (Å²) in [5.74, 6) is 0. The molecule has 0 atom stereocenters. The molecule has 0 aromatic heterocycles. The Balaban J connectivity index is 0.871. The van der Waals surface area contributed by atoms with Gasteiger partial charge in [0.15, 0.2) is 0 Å². The van der Waals surface area contributed by atoms with Crippen molar-refractivity contribution in [2.75, 3.05) is 29.4 Å². The van der Waals surface area contributed by atoms with Crippen molar-refractivity contribution in [3.05, 3.63) is 338 Å². The van der Waals surface area contributed by atoms with Crippen molar-refractivity contribution in [3.8, 4) is 0 Å². The minimum absolute atomic E-state index is 1.03. The summed E-state index contributed by atoms with van der Waals surface area (Å²) in [6, 6.07) is 116. The number of hydrogen-bond acceptors (Lipinski definition) is 6. The molecule has 0 saturated carbocycles. The Morgan fingerprint density at radius 1 is 0.184 bits per heavy atom. The van der Waals surface area contributed by atoms with Crippen molar-refractivity contribution in [2.45, 2.75) is 66.2 Å². The van der Waals surface area contributed by atoms with Gasteiger partial charge in [0.05, 0.1) is 0 Å². The van der Waals surface area contributed by atoms with Gasteiger partial charge in [-0.2, -0.15) is 0 Å². The highest BCUT2D eigenvalue weighted by Crippen LogP contribution is 2.45. The van der Waals surface area contributed by atoms with Crippen LogP contribution in [0.5, 0.6) is 0 Å². The Morgan fingerprint density at radius 3 is 0.449 bits per heavy atom. The summed E-state index contributed by atoms with van der Waals surface area (Å²) in [4.78, 5) is 14.2. The van der Waals surface area contributed by atoms with Crippen molar-refractivity contribution in [1.82, 2.24) is 0 Å². The van der Waals surface area contributed by atoms with Gasteiger partial charge in [-0.15, -0.1) is 0 Å². The average molecular weight is 1270 g/mol. The van der Waals surface area contributed by atoms with Gasteiger partial charge >= 0.3 is 0 Å². The third kappa shape index (κ3) is 15.1. The van der Waals surface area contributed by atoms with Gasteiger partial charge < -0.3 is 29.4 Å². The van der Waals surface area contributed by atoms with E-state index in [1.165, 1.54) is 69.8 Å². The Kier molecular flexibility index (Phi) is 20.3. The van der Waals surface area contributed by atoms with Crippen molar-refractivity contribution < 1.29 is 0 Å². The summed E-state index contributed by atoms with van der Waals surface area (Å²) < 4.78 is 0. The SMILES string of the molecule is Bc1ccc(N(c2ccc(B)cc2)c2ccc(N(c3ccc(N(c4ccc(CCCC)cc4)c4ccc(CCCC)cc4)cc3)c3ccc(N(c4ccc(C)cc4)c4ccc(N(c5ccc(B)cc5)c5ccc(N(c6ccc(B)cc6)c6ccc(C)cc6)cc5)cc4)cc3)cc2)cc1. The lowest BCUT2D eigenvalue weighted by atomic mass is 9.95. The van der Waals surface area contributed by atoms with Gasteiger partial charge in [0.1, 0.15) is 31.4 Å². The standard InChI is InChI=1S/C88H84B4N6/c1-5-7-9-65-15-31-73(32-16-65)95(74-33-17-66(18-34-74)10-8-6-2)82-49-59-87(60-50-82)98(88-61-51-83(52-62-88)96(76-37-21-68(90)22-38-76)77-39-23-69(91)24-40-77)86-57-47-81(48-58-86)94(72-29-13-64(4)14-30-72)80-45-55-85(56-46-80)97(78-41-25-70(92)26-42-78)84-53-43-79(44-54-84)93(71-27-11-63(3)12-28-71)75-35-19-67(89)20-36-75/h11-62H,5-10,89-92H2,1-4H3. The smallest absolute Gasteiger partial charge is 0.139 e. The summed E-state index contributed by atoms with van der Waals surface area (Å²) >= 11 is 0. The van der Waals surface area contributed by atoms with Gasteiger partial charge in [-0.3, -0.25) is 0 Å². The van der Waals surface area contributed by atoms with Crippen molar-refractivity contribution >= 4 is 156 Å². The van der Waals surface area contributed by atoms with Crippen LogP contribution in [0.3, 0.4) is 0 Å². The molecule has 0 saturated heterocycles. The van der Waals surface area contributed by atoms with Crippen molar-refractivity contribution in [1.29, 1.82) is 0 Å². The highest BCUT2D eigenvalue weighted by Gasteiger charge is 2.22. The maximum Gasteiger partial charge on any atom is 0.139 e. The quantitative estimate of drug-likeness (QED) is 0.0558. The van der Waals surface area contributed by atoms with Crippen LogP contribution in [0, 0.1) is 13.8 Å². The lowest BCUT2D eigenvalue weighted by Crippen LogP contribution is -2.15. The molecule has 0 spiro atoms. The number of rotatable bonds is 24. The van der Waals surface area contributed by atoms with Crippen LogP contribution in [0.2, 0.25) is 0 Å². The molecule has 13 aromatic carbocycles. The van der Waals surface area contributed by atoms with E-state index in [2.05, 4.69) is 404 Å². The topological polar surface area (TPSA) is 19.4 Å². The lowest BCUT2D eigenvalue weighted by Gasteiger charge is -2.31. The predicted octanol–water partition coefficient (Wildman–Crippen LogP) is 18.8. The molecule has 6 nitrogen and oxygen atoms in total. The first-order chi connectivity index (χ1) is 47.9. The molecule has 0 bridgehead atoms. The second kappa shape index (κ2) is 30.3. The molecule has 98 heavy (non-hydrogen) atoms. The van der Waals surface area contributed by atoms with Crippen LogP contribution in [0.25, 0.3) is 0 Å². The molecule has 0 heterocycles. The fourth-order valence-electron chi connectivity index (χ4n) is 13.0. The molecule has 0 aliphatic carbocycles. The van der Waals surface area contributed by atoms with Gasteiger partial charge in [0.25, 0.3) is 0 Å². The van der Waals surface area contributed by atoms with Crippen LogP contribution >= 0.6 is 0 Å². The number of anilines is 18. The van der Waals surface area contributed by atoms with E-state index in [1.54, 1.807) is 0 Å². The van der Waals surface area contributed by atoms with E-state index in [-0.39, 0.29) is 0 Å². The van der Waals surface area contributed by atoms with E-state index >= 15 is 0 Å². The minimum atomic E-state index is 1.03. The van der Waals surface area contributed by atoms with E-state index < -0.39 is 0 Å². The van der Waals surface area contributed by atoms with Crippen LogP contribution in [0.1, 0.15) is 61.8 Å². The second-order valence-electron chi connectivity index (χ2n) is 26.1. The Morgan fingerprint density at radius 2 is 0.306 bits per heavy atom. The average Bonchev–Trinajstić information content (AvgIpc) is 0.803. The largest absolute Gasteiger partial charge is 0.311 e. The normalized spacial score (nSPS) is 11.1. The van der Waals surface area contributed by atoms with Crippen molar-refractivity contribution in [2.24, 2.45) is 0 Å². The molecule has 0 aliphatic heterocycles. The first kappa shape index (κ1) is 65.6. The first-order valence-electron chi connectivity index (χ1n) is 34.8. The molecule has 10 heteroatoms. The molecule has 0 fully saturated rings. The number of aryl methyl sites for hydroxylation is 4. The molecule has 0 amide bonds. The van der Waals surface area contributed by atoms with E-state index in [0.29, 0.717) is 0 Å². The summed E-state index contributed by atoms with van der Waals surface area (Å²) in [6.45, 7) is 8.81. The zero-order chi connectivity index (χ0) is 67.5. The number of hydrogen-bond donors (Lipinski definition) is 0. The van der Waals surface area contributed by atoms with Crippen LogP contribution in [0.4, 0.5) is 102 Å². The summed E-state index contributed by atoms with van der Waals surface area (Å²) in [6.07, 6.45) is 6.87. The zero-order valence-corrected chi connectivity index (χ0v) is 57.9. The molecule has 478 valence electrons. The van der Waals surface area contributed by atoms with Gasteiger partial charge in [-0.1, -0.05) is 157 Å². The van der Waals surface area contributed by atoms with E-state index in [0.717, 1.165) is 115 Å². The third-order valence-corrected chi connectivity index (χ3v) is 18.6. The van der Waals surface area contributed by atoms with E-state index in [4.69, 9.17) is 0 Å². The van der Waals surface area contributed by atoms with Gasteiger partial charge in [-0.05, 0) is 269 Å². The number of unbranched alkanes of at least 4 members (excludes halogenated alkanes) is 2. The van der Waals surface area contributed by atoms with Crippen LogP contribution in [0.15, 0.2) is 315 Å². The van der Waals surface area contributed by atoms with E-state index in [9.17, 15) is 0 Å². The van der Waals surface area contributed by atoms with Gasteiger partial charge in [0.2, 0.25) is 0 Å². The molecule has 13 rings (SSSR count). The molecular weight excluding hydrogens is 1180 g/mol. The Hall–Kier alpha value is -11.1. The zero-order valence-electron chi connectivity index (χ0n) is 57.9. The molecule has 0 N–H and O–H groups in total. The summed E-state index contributed by atoms with van der Waals surface area (Å²) in [5, 5.41) is 0. The first-order valence-corrected chi connectivity index (χ1v) is 34.8. The fourth-order valence-corrected chi connectivity index (χ4v) is 13.0. The molecular formula is C88H84B4N6. The van der Waals surface area contributed by atoms with Gasteiger partial charge in [0, 0.05) is 102 Å². The second-order valence-corrected chi connectivity index (χ2v) is 26.1. The highest BCUT2D eigenvalue weighted by molar-refractivity contribution is 6.33. The molecule has 0 unspecified atom stereocenters.